The number of halogens is 2. The average Bonchev–Trinajstić information content (AvgIpc) is 3.34. The Morgan fingerprint density at radius 1 is 1.33 bits per heavy atom. The number of thiazole rings is 1. The SMILES string of the molecule is COC(=O)N1CCC2(C1)CN(C(=O)Nc1ncc(Cl)s1)c1ccc(Cl)cc12. The Kier molecular flexibility index (Phi) is 4.65. The van der Waals surface area contributed by atoms with E-state index in [1.807, 2.05) is 12.1 Å². The van der Waals surface area contributed by atoms with Crippen molar-refractivity contribution >= 4 is 57.5 Å². The molecule has 1 spiro atoms. The number of ether oxygens (including phenoxy) is 1. The number of rotatable bonds is 1. The van der Waals surface area contributed by atoms with Crippen LogP contribution in [0.2, 0.25) is 9.36 Å². The number of benzene rings is 1. The molecule has 142 valence electrons. The molecule has 1 N–H and O–H groups in total. The Morgan fingerprint density at radius 2 is 2.15 bits per heavy atom. The number of fused-ring (bicyclic) bond motifs is 2. The van der Waals surface area contributed by atoms with Crippen molar-refractivity contribution in [2.45, 2.75) is 11.8 Å². The van der Waals surface area contributed by atoms with Crippen LogP contribution in [0.3, 0.4) is 0 Å². The van der Waals surface area contributed by atoms with E-state index in [0.717, 1.165) is 17.7 Å². The molecule has 27 heavy (non-hydrogen) atoms. The minimum absolute atomic E-state index is 0.294. The van der Waals surface area contributed by atoms with Crippen LogP contribution in [-0.4, -0.2) is 48.8 Å². The number of nitrogens with zero attached hydrogens (tertiary/aromatic N) is 3. The van der Waals surface area contributed by atoms with E-state index < -0.39 is 0 Å². The van der Waals surface area contributed by atoms with Crippen molar-refractivity contribution in [1.29, 1.82) is 0 Å². The van der Waals surface area contributed by atoms with Crippen molar-refractivity contribution < 1.29 is 14.3 Å². The number of aromatic nitrogens is 1. The zero-order chi connectivity index (χ0) is 19.2. The molecular formula is C17H16Cl2N4O3S. The van der Waals surface area contributed by atoms with Gasteiger partial charge in [0.2, 0.25) is 0 Å². The topological polar surface area (TPSA) is 74.8 Å². The molecule has 3 heterocycles. The molecule has 0 radical (unpaired) electrons. The Labute approximate surface area is 169 Å². The van der Waals surface area contributed by atoms with E-state index in [4.69, 9.17) is 27.9 Å². The summed E-state index contributed by atoms with van der Waals surface area (Å²) in [6.45, 7) is 1.48. The van der Waals surface area contributed by atoms with Gasteiger partial charge in [-0.15, -0.1) is 0 Å². The number of hydrogen-bond donors (Lipinski definition) is 1. The molecule has 1 aromatic carbocycles. The zero-order valence-corrected chi connectivity index (χ0v) is 16.7. The maximum absolute atomic E-state index is 12.9. The van der Waals surface area contributed by atoms with Crippen molar-refractivity contribution in [2.24, 2.45) is 0 Å². The number of anilines is 2. The molecule has 0 aliphatic carbocycles. The van der Waals surface area contributed by atoms with E-state index in [-0.39, 0.29) is 17.5 Å². The number of carbonyl (C=O) groups excluding carboxylic acids is 2. The molecule has 2 aliphatic rings. The van der Waals surface area contributed by atoms with Crippen LogP contribution in [0.4, 0.5) is 20.4 Å². The Morgan fingerprint density at radius 3 is 2.85 bits per heavy atom. The second-order valence-electron chi connectivity index (χ2n) is 6.57. The number of carbonyl (C=O) groups is 2. The molecular weight excluding hydrogens is 411 g/mol. The number of nitrogens with one attached hydrogen (secondary N) is 1. The number of likely N-dealkylation sites (tertiary alicyclic amines) is 1. The van der Waals surface area contributed by atoms with Crippen LogP contribution >= 0.6 is 34.5 Å². The lowest BCUT2D eigenvalue weighted by Gasteiger charge is -2.25. The number of hydrogen-bond acceptors (Lipinski definition) is 5. The predicted molar refractivity (Wildman–Crippen MR) is 105 cm³/mol. The molecule has 0 bridgehead atoms. The molecule has 4 rings (SSSR count). The van der Waals surface area contributed by atoms with Gasteiger partial charge in [-0.3, -0.25) is 10.2 Å². The summed E-state index contributed by atoms with van der Waals surface area (Å²) < 4.78 is 5.35. The van der Waals surface area contributed by atoms with Gasteiger partial charge in [0, 0.05) is 35.8 Å². The fraction of sp³-hybridized carbons (Fsp3) is 0.353. The molecule has 1 saturated heterocycles. The van der Waals surface area contributed by atoms with Crippen LogP contribution < -0.4 is 10.2 Å². The van der Waals surface area contributed by atoms with Crippen molar-refractivity contribution in [1.82, 2.24) is 9.88 Å². The highest BCUT2D eigenvalue weighted by atomic mass is 35.5. The fourth-order valence-electron chi connectivity index (χ4n) is 3.80. The Hall–Kier alpha value is -2.03. The van der Waals surface area contributed by atoms with Crippen LogP contribution in [0.1, 0.15) is 12.0 Å². The van der Waals surface area contributed by atoms with Gasteiger partial charge < -0.3 is 9.64 Å². The monoisotopic (exact) mass is 426 g/mol. The normalized spacial score (nSPS) is 20.9. The van der Waals surface area contributed by atoms with E-state index in [0.29, 0.717) is 34.1 Å². The summed E-state index contributed by atoms with van der Waals surface area (Å²) in [5.41, 5.74) is 1.38. The quantitative estimate of drug-likeness (QED) is 0.740. The molecule has 1 aromatic heterocycles. The Bertz CT molecular complexity index is 921. The molecule has 7 nitrogen and oxygen atoms in total. The summed E-state index contributed by atoms with van der Waals surface area (Å²) >= 11 is 13.3. The Balaban J connectivity index is 1.64. The first kappa shape index (κ1) is 18.3. The maximum atomic E-state index is 12.9. The lowest BCUT2D eigenvalue weighted by atomic mass is 9.81. The summed E-state index contributed by atoms with van der Waals surface area (Å²) in [7, 11) is 1.37. The molecule has 1 fully saturated rings. The van der Waals surface area contributed by atoms with Crippen molar-refractivity contribution in [3.05, 3.63) is 39.3 Å². The van der Waals surface area contributed by atoms with Crippen LogP contribution in [0.5, 0.6) is 0 Å². The van der Waals surface area contributed by atoms with Gasteiger partial charge in [0.25, 0.3) is 0 Å². The van der Waals surface area contributed by atoms with Crippen LogP contribution in [0.25, 0.3) is 0 Å². The van der Waals surface area contributed by atoms with E-state index >= 15 is 0 Å². The van der Waals surface area contributed by atoms with Crippen molar-refractivity contribution in [2.75, 3.05) is 37.0 Å². The fourth-order valence-corrected chi connectivity index (χ4v) is 4.77. The average molecular weight is 427 g/mol. The minimum Gasteiger partial charge on any atom is -0.453 e. The first-order valence-electron chi connectivity index (χ1n) is 8.25. The molecule has 0 saturated carbocycles. The maximum Gasteiger partial charge on any atom is 0.409 e. The summed E-state index contributed by atoms with van der Waals surface area (Å²) in [6, 6.07) is 5.18. The van der Waals surface area contributed by atoms with Gasteiger partial charge in [-0.2, -0.15) is 0 Å². The van der Waals surface area contributed by atoms with Gasteiger partial charge >= 0.3 is 12.1 Å². The highest BCUT2D eigenvalue weighted by molar-refractivity contribution is 7.19. The van der Waals surface area contributed by atoms with Gasteiger partial charge in [-0.25, -0.2) is 14.6 Å². The number of methoxy groups -OCH3 is 1. The van der Waals surface area contributed by atoms with E-state index in [9.17, 15) is 9.59 Å². The summed E-state index contributed by atoms with van der Waals surface area (Å²) in [5.74, 6) is 0. The van der Waals surface area contributed by atoms with Crippen LogP contribution in [0.15, 0.2) is 24.4 Å². The summed E-state index contributed by atoms with van der Waals surface area (Å²) in [6.07, 6.45) is 1.85. The highest BCUT2D eigenvalue weighted by Crippen LogP contribution is 2.47. The number of urea groups is 1. The molecule has 2 aromatic rings. The molecule has 1 unspecified atom stereocenters. The minimum atomic E-state index is -0.369. The van der Waals surface area contributed by atoms with Crippen molar-refractivity contribution in [3.8, 4) is 0 Å². The molecule has 10 heteroatoms. The van der Waals surface area contributed by atoms with Crippen molar-refractivity contribution in [3.63, 3.8) is 0 Å². The lowest BCUT2D eigenvalue weighted by molar-refractivity contribution is 0.131. The molecule has 2 aliphatic heterocycles. The van der Waals surface area contributed by atoms with Gasteiger partial charge in [-0.05, 0) is 30.2 Å². The molecule has 1 atom stereocenters. The first-order chi connectivity index (χ1) is 12.9. The van der Waals surface area contributed by atoms with E-state index in [1.165, 1.54) is 24.6 Å². The highest BCUT2D eigenvalue weighted by Gasteiger charge is 2.50. The van der Waals surface area contributed by atoms with Gasteiger partial charge in [0.15, 0.2) is 5.13 Å². The molecule has 3 amide bonds. The van der Waals surface area contributed by atoms with Crippen LogP contribution in [-0.2, 0) is 10.2 Å². The lowest BCUT2D eigenvalue weighted by Crippen LogP contribution is -2.41. The van der Waals surface area contributed by atoms with Gasteiger partial charge in [0.05, 0.1) is 13.3 Å². The first-order valence-corrected chi connectivity index (χ1v) is 9.82. The predicted octanol–water partition coefficient (Wildman–Crippen LogP) is 4.21. The largest absolute Gasteiger partial charge is 0.453 e. The summed E-state index contributed by atoms with van der Waals surface area (Å²) in [5, 5.41) is 3.81. The number of amides is 3. The standard InChI is InChI=1S/C17H16Cl2N4O3S/c1-26-16(25)22-5-4-17(8-22)9-23(12-3-2-10(18)6-11(12)17)15(24)21-14-20-7-13(19)27-14/h2-3,6-7H,4-5,8-9H2,1H3,(H,20,21,24). The summed E-state index contributed by atoms with van der Waals surface area (Å²) in [4.78, 5) is 32.2. The zero-order valence-electron chi connectivity index (χ0n) is 14.4. The third kappa shape index (κ3) is 3.22. The second-order valence-corrected chi connectivity index (χ2v) is 8.67. The van der Waals surface area contributed by atoms with Gasteiger partial charge in [-0.1, -0.05) is 34.5 Å². The third-order valence-electron chi connectivity index (χ3n) is 5.00. The second kappa shape index (κ2) is 6.85. The smallest absolute Gasteiger partial charge is 0.409 e. The van der Waals surface area contributed by atoms with E-state index in [2.05, 4.69) is 10.3 Å². The third-order valence-corrected chi connectivity index (χ3v) is 6.27. The van der Waals surface area contributed by atoms with Crippen LogP contribution in [0, 0.1) is 0 Å². The van der Waals surface area contributed by atoms with E-state index in [1.54, 1.807) is 15.9 Å². The van der Waals surface area contributed by atoms with Gasteiger partial charge in [0.1, 0.15) is 4.34 Å².